The number of halogens is 1. The van der Waals surface area contributed by atoms with Crippen molar-refractivity contribution < 1.29 is 0 Å². The zero-order valence-electron chi connectivity index (χ0n) is 8.70. The summed E-state index contributed by atoms with van der Waals surface area (Å²) in [5.74, 6) is 1.60. The quantitative estimate of drug-likeness (QED) is 0.911. The lowest BCUT2D eigenvalue weighted by Gasteiger charge is -2.04. The van der Waals surface area contributed by atoms with E-state index in [1.54, 1.807) is 17.5 Å². The van der Waals surface area contributed by atoms with Crippen LogP contribution < -0.4 is 10.6 Å². The minimum atomic E-state index is 0.670. The molecule has 2 aromatic rings. The molecule has 0 atom stereocenters. The van der Waals surface area contributed by atoms with Gasteiger partial charge < -0.3 is 10.6 Å². The van der Waals surface area contributed by atoms with Gasteiger partial charge in [-0.2, -0.15) is 0 Å². The molecule has 0 unspecified atom stereocenters. The zero-order chi connectivity index (χ0) is 11.4. The van der Waals surface area contributed by atoms with E-state index in [1.165, 1.54) is 0 Å². The Hall–Kier alpha value is -0.980. The van der Waals surface area contributed by atoms with Gasteiger partial charge >= 0.3 is 0 Å². The number of anilines is 2. The predicted octanol–water partition coefficient (Wildman–Crippen LogP) is 2.76. The van der Waals surface area contributed by atoms with Crippen LogP contribution in [0.25, 0.3) is 0 Å². The lowest BCUT2D eigenvalue weighted by Crippen LogP contribution is -2.09. The summed E-state index contributed by atoms with van der Waals surface area (Å²) in [7, 11) is 1.87. The van der Waals surface area contributed by atoms with E-state index in [0.29, 0.717) is 6.54 Å². The van der Waals surface area contributed by atoms with Gasteiger partial charge in [0.2, 0.25) is 0 Å². The Morgan fingerprint density at radius 2 is 2.38 bits per heavy atom. The number of rotatable bonds is 4. The van der Waals surface area contributed by atoms with Crippen molar-refractivity contribution in [3.05, 3.63) is 34.0 Å². The molecular formula is C10H11BrN4S. The van der Waals surface area contributed by atoms with Gasteiger partial charge in [0.15, 0.2) is 0 Å². The molecule has 0 saturated heterocycles. The van der Waals surface area contributed by atoms with Crippen LogP contribution in [-0.2, 0) is 6.54 Å². The summed E-state index contributed by atoms with van der Waals surface area (Å²) < 4.78 is 1.07. The van der Waals surface area contributed by atoms with E-state index in [-0.39, 0.29) is 0 Å². The fraction of sp³-hybridized carbons (Fsp3) is 0.200. The Kier molecular flexibility index (Phi) is 3.87. The summed E-state index contributed by atoms with van der Waals surface area (Å²) >= 11 is 5.04. The van der Waals surface area contributed by atoms with E-state index >= 15 is 0 Å². The van der Waals surface area contributed by atoms with Gasteiger partial charge in [-0.1, -0.05) is 0 Å². The van der Waals surface area contributed by atoms with E-state index in [9.17, 15) is 0 Å². The normalized spacial score (nSPS) is 10.4. The first-order chi connectivity index (χ1) is 7.78. The Morgan fingerprint density at radius 1 is 1.50 bits per heavy atom. The summed E-state index contributed by atoms with van der Waals surface area (Å²) in [5.41, 5.74) is 0. The molecule has 0 saturated carbocycles. The molecular weight excluding hydrogens is 288 g/mol. The molecule has 2 heterocycles. The van der Waals surface area contributed by atoms with Gasteiger partial charge in [0.25, 0.3) is 0 Å². The molecule has 6 heteroatoms. The van der Waals surface area contributed by atoms with Crippen molar-refractivity contribution in [3.8, 4) is 0 Å². The first-order valence-electron chi connectivity index (χ1n) is 4.75. The highest BCUT2D eigenvalue weighted by Crippen LogP contribution is 2.26. The first-order valence-corrected chi connectivity index (χ1v) is 6.43. The lowest BCUT2D eigenvalue weighted by molar-refractivity contribution is 0.759. The zero-order valence-corrected chi connectivity index (χ0v) is 11.1. The maximum atomic E-state index is 4.37. The molecule has 0 amide bonds. The number of hydrogen-bond acceptors (Lipinski definition) is 5. The Bertz CT molecular complexity index is 471. The molecule has 0 aliphatic carbocycles. The summed E-state index contributed by atoms with van der Waals surface area (Å²) in [4.78, 5) is 8.53. The Labute approximate surface area is 106 Å². The van der Waals surface area contributed by atoms with Crippen LogP contribution in [0, 0.1) is 0 Å². The number of aromatic nitrogens is 2. The molecule has 0 fully saturated rings. The Morgan fingerprint density at radius 3 is 3.06 bits per heavy atom. The molecule has 0 aliphatic heterocycles. The maximum Gasteiger partial charge on any atom is 0.144 e. The average molecular weight is 299 g/mol. The van der Waals surface area contributed by atoms with Gasteiger partial charge in [0.05, 0.1) is 11.5 Å². The number of nitrogens with one attached hydrogen (secondary N) is 2. The van der Waals surface area contributed by atoms with Gasteiger partial charge in [-0.05, 0) is 35.1 Å². The van der Waals surface area contributed by atoms with Gasteiger partial charge in [-0.15, -0.1) is 11.3 Å². The fourth-order valence-electron chi connectivity index (χ4n) is 1.22. The highest BCUT2D eigenvalue weighted by molar-refractivity contribution is 9.10. The monoisotopic (exact) mass is 298 g/mol. The Balaban J connectivity index is 2.12. The molecule has 2 aromatic heterocycles. The van der Waals surface area contributed by atoms with Crippen LogP contribution in [0.3, 0.4) is 0 Å². The molecule has 0 bridgehead atoms. The molecule has 0 radical (unpaired) electrons. The SMILES string of the molecule is CNCc1nccc(Nc2cc(Br)cs2)n1. The minimum Gasteiger partial charge on any atom is -0.332 e. The van der Waals surface area contributed by atoms with Crippen molar-refractivity contribution >= 4 is 38.1 Å². The van der Waals surface area contributed by atoms with Crippen LogP contribution in [0.15, 0.2) is 28.2 Å². The second-order valence-electron chi connectivity index (χ2n) is 3.14. The third-order valence-electron chi connectivity index (χ3n) is 1.86. The van der Waals surface area contributed by atoms with E-state index in [0.717, 1.165) is 21.1 Å². The second-order valence-corrected chi connectivity index (χ2v) is 4.97. The number of thiophene rings is 1. The van der Waals surface area contributed by atoms with Gasteiger partial charge in [0, 0.05) is 16.0 Å². The maximum absolute atomic E-state index is 4.37. The van der Waals surface area contributed by atoms with Crippen molar-refractivity contribution in [3.63, 3.8) is 0 Å². The summed E-state index contributed by atoms with van der Waals surface area (Å²) in [6, 6.07) is 3.87. The summed E-state index contributed by atoms with van der Waals surface area (Å²) in [6.45, 7) is 0.670. The number of nitrogens with zero attached hydrogens (tertiary/aromatic N) is 2. The first kappa shape index (κ1) is 11.5. The van der Waals surface area contributed by atoms with Crippen LogP contribution >= 0.6 is 27.3 Å². The van der Waals surface area contributed by atoms with Crippen molar-refractivity contribution in [1.29, 1.82) is 0 Å². The highest BCUT2D eigenvalue weighted by atomic mass is 79.9. The van der Waals surface area contributed by atoms with Crippen LogP contribution in [0.1, 0.15) is 5.82 Å². The van der Waals surface area contributed by atoms with E-state index in [1.807, 2.05) is 24.6 Å². The topological polar surface area (TPSA) is 49.8 Å². The smallest absolute Gasteiger partial charge is 0.144 e. The van der Waals surface area contributed by atoms with Crippen LogP contribution in [-0.4, -0.2) is 17.0 Å². The van der Waals surface area contributed by atoms with Crippen LogP contribution in [0.2, 0.25) is 0 Å². The van der Waals surface area contributed by atoms with Gasteiger partial charge in [-0.3, -0.25) is 0 Å². The third kappa shape index (κ3) is 3.01. The van der Waals surface area contributed by atoms with E-state index in [4.69, 9.17) is 0 Å². The van der Waals surface area contributed by atoms with Crippen LogP contribution in [0.4, 0.5) is 10.8 Å². The van der Waals surface area contributed by atoms with E-state index < -0.39 is 0 Å². The van der Waals surface area contributed by atoms with E-state index in [2.05, 4.69) is 36.5 Å². The van der Waals surface area contributed by atoms with Crippen molar-refractivity contribution in [1.82, 2.24) is 15.3 Å². The van der Waals surface area contributed by atoms with Crippen molar-refractivity contribution in [2.75, 3.05) is 12.4 Å². The molecule has 0 aliphatic rings. The molecule has 0 aromatic carbocycles. The predicted molar refractivity (Wildman–Crippen MR) is 70.1 cm³/mol. The fourth-order valence-corrected chi connectivity index (χ4v) is 2.54. The van der Waals surface area contributed by atoms with Crippen LogP contribution in [0.5, 0.6) is 0 Å². The lowest BCUT2D eigenvalue weighted by atomic mass is 10.5. The highest BCUT2D eigenvalue weighted by Gasteiger charge is 2.01. The summed E-state index contributed by atoms with van der Waals surface area (Å²) in [5, 5.41) is 9.34. The van der Waals surface area contributed by atoms with Gasteiger partial charge in [0.1, 0.15) is 11.6 Å². The molecule has 2 N–H and O–H groups in total. The van der Waals surface area contributed by atoms with Gasteiger partial charge in [-0.25, -0.2) is 9.97 Å². The average Bonchev–Trinajstić information content (AvgIpc) is 2.65. The molecule has 84 valence electrons. The minimum absolute atomic E-state index is 0.670. The molecule has 0 spiro atoms. The molecule has 16 heavy (non-hydrogen) atoms. The number of hydrogen-bond donors (Lipinski definition) is 2. The molecule has 2 rings (SSSR count). The van der Waals surface area contributed by atoms with Crippen molar-refractivity contribution in [2.24, 2.45) is 0 Å². The second kappa shape index (κ2) is 5.38. The largest absolute Gasteiger partial charge is 0.332 e. The molecule has 4 nitrogen and oxygen atoms in total. The summed E-state index contributed by atoms with van der Waals surface area (Å²) in [6.07, 6.45) is 1.75. The third-order valence-corrected chi connectivity index (χ3v) is 3.47. The van der Waals surface area contributed by atoms with Crippen molar-refractivity contribution in [2.45, 2.75) is 6.54 Å². The standard InChI is InChI=1S/C10H11BrN4S/c1-12-5-9-13-3-2-8(14-9)15-10-4-7(11)6-16-10/h2-4,6,12H,5H2,1H3,(H,13,14,15).